The maximum Gasteiger partial charge on any atom is 0.471 e. The van der Waals surface area contributed by atoms with Gasteiger partial charge in [-0.1, -0.05) is 0 Å². The van der Waals surface area contributed by atoms with Gasteiger partial charge in [0.2, 0.25) is 0 Å². The maximum absolute atomic E-state index is 11.8. The normalized spacial score (nSPS) is 11.1. The second-order valence-electron chi connectivity index (χ2n) is 2.35. The summed E-state index contributed by atoms with van der Waals surface area (Å²) in [6.45, 7) is 0. The second kappa shape index (κ2) is 3.85. The maximum atomic E-state index is 11.8. The van der Waals surface area contributed by atoms with Crippen LogP contribution in [0.25, 0.3) is 0 Å². The fraction of sp³-hybridized carbons (Fsp3) is 0.167. The SMILES string of the molecule is NC(=O)c1csc(NC(=O)C(F)(F)F)n1. The molecule has 3 N–H and O–H groups in total. The predicted molar refractivity (Wildman–Crippen MR) is 45.3 cm³/mol. The highest BCUT2D eigenvalue weighted by Crippen LogP contribution is 2.20. The smallest absolute Gasteiger partial charge is 0.364 e. The van der Waals surface area contributed by atoms with Crippen molar-refractivity contribution in [3.63, 3.8) is 0 Å². The number of thiazole rings is 1. The highest BCUT2D eigenvalue weighted by molar-refractivity contribution is 7.14. The number of nitrogens with one attached hydrogen (secondary N) is 1. The molecule has 0 aliphatic heterocycles. The summed E-state index contributed by atoms with van der Waals surface area (Å²) in [5, 5.41) is 2.31. The summed E-state index contributed by atoms with van der Waals surface area (Å²) >= 11 is 0.678. The van der Waals surface area contributed by atoms with Crippen molar-refractivity contribution in [3.05, 3.63) is 11.1 Å². The van der Waals surface area contributed by atoms with Crippen molar-refractivity contribution >= 4 is 28.3 Å². The van der Waals surface area contributed by atoms with E-state index in [9.17, 15) is 22.8 Å². The largest absolute Gasteiger partial charge is 0.471 e. The first-order chi connectivity index (χ1) is 6.80. The van der Waals surface area contributed by atoms with Crippen LogP contribution in [0.4, 0.5) is 18.3 Å². The number of carbonyl (C=O) groups is 2. The molecule has 0 aliphatic rings. The van der Waals surface area contributed by atoms with Crippen molar-refractivity contribution in [2.45, 2.75) is 6.18 Å². The van der Waals surface area contributed by atoms with E-state index >= 15 is 0 Å². The van der Waals surface area contributed by atoms with Gasteiger partial charge in [0.05, 0.1) is 0 Å². The van der Waals surface area contributed by atoms with Gasteiger partial charge in [0, 0.05) is 5.38 Å². The molecule has 0 saturated heterocycles. The Labute approximate surface area is 85.1 Å². The van der Waals surface area contributed by atoms with Crippen molar-refractivity contribution in [3.8, 4) is 0 Å². The number of hydrogen-bond donors (Lipinski definition) is 2. The van der Waals surface area contributed by atoms with Gasteiger partial charge in [0.1, 0.15) is 5.69 Å². The number of nitrogens with zero attached hydrogens (tertiary/aromatic N) is 1. The number of halogens is 3. The summed E-state index contributed by atoms with van der Waals surface area (Å²) in [4.78, 5) is 24.3. The summed E-state index contributed by atoms with van der Waals surface area (Å²) in [6.07, 6.45) is -4.99. The number of alkyl halides is 3. The van der Waals surface area contributed by atoms with E-state index in [0.717, 1.165) is 5.38 Å². The molecule has 1 heterocycles. The zero-order chi connectivity index (χ0) is 11.6. The lowest BCUT2D eigenvalue weighted by molar-refractivity contribution is -0.167. The summed E-state index contributed by atoms with van der Waals surface area (Å²) < 4.78 is 35.3. The average Bonchev–Trinajstić information content (AvgIpc) is 2.50. The fourth-order valence-corrected chi connectivity index (χ4v) is 1.31. The van der Waals surface area contributed by atoms with E-state index in [4.69, 9.17) is 5.73 Å². The molecule has 15 heavy (non-hydrogen) atoms. The standard InChI is InChI=1S/C6H4F3N3O2S/c7-6(8,9)4(14)12-5-11-2(1-15-5)3(10)13/h1H,(H2,10,13)(H,11,12,14). The Hall–Kier alpha value is -1.64. The number of nitrogens with two attached hydrogens (primary N) is 1. The number of aromatic nitrogens is 1. The number of primary amides is 1. The molecule has 0 fully saturated rings. The van der Waals surface area contributed by atoms with E-state index in [1.807, 2.05) is 0 Å². The van der Waals surface area contributed by atoms with Crippen LogP contribution in [0.2, 0.25) is 0 Å². The van der Waals surface area contributed by atoms with Gasteiger partial charge in [-0.15, -0.1) is 11.3 Å². The van der Waals surface area contributed by atoms with E-state index in [-0.39, 0.29) is 10.8 Å². The number of rotatable bonds is 2. The molecule has 82 valence electrons. The topological polar surface area (TPSA) is 85.1 Å². The van der Waals surface area contributed by atoms with Gasteiger partial charge in [-0.3, -0.25) is 14.9 Å². The number of hydrogen-bond acceptors (Lipinski definition) is 4. The van der Waals surface area contributed by atoms with Crippen molar-refractivity contribution in [1.82, 2.24) is 4.98 Å². The Kier molecular flexibility index (Phi) is 2.93. The molecule has 1 aromatic rings. The molecule has 2 amide bonds. The second-order valence-corrected chi connectivity index (χ2v) is 3.21. The summed E-state index contributed by atoms with van der Waals surface area (Å²) in [7, 11) is 0. The van der Waals surface area contributed by atoms with Gasteiger partial charge in [-0.2, -0.15) is 13.2 Å². The zero-order valence-corrected chi connectivity index (χ0v) is 7.78. The van der Waals surface area contributed by atoms with E-state index in [1.165, 1.54) is 5.32 Å². The quantitative estimate of drug-likeness (QED) is 0.798. The van der Waals surface area contributed by atoms with Crippen LogP contribution in [0.1, 0.15) is 10.5 Å². The molecule has 0 bridgehead atoms. The predicted octanol–water partition coefficient (Wildman–Crippen LogP) is 0.743. The molecule has 1 aromatic heterocycles. The minimum absolute atomic E-state index is 0.197. The van der Waals surface area contributed by atoms with Gasteiger partial charge in [0.15, 0.2) is 5.13 Å². The van der Waals surface area contributed by atoms with Crippen molar-refractivity contribution in [2.75, 3.05) is 5.32 Å². The van der Waals surface area contributed by atoms with Gasteiger partial charge in [-0.25, -0.2) is 4.98 Å². The summed E-state index contributed by atoms with van der Waals surface area (Å²) in [6, 6.07) is 0. The van der Waals surface area contributed by atoms with Crippen LogP contribution >= 0.6 is 11.3 Å². The Morgan fingerprint density at radius 3 is 2.47 bits per heavy atom. The van der Waals surface area contributed by atoms with Crippen LogP contribution < -0.4 is 11.1 Å². The third-order valence-electron chi connectivity index (χ3n) is 1.23. The summed E-state index contributed by atoms with van der Waals surface area (Å²) in [5.74, 6) is -3.02. The Morgan fingerprint density at radius 2 is 2.07 bits per heavy atom. The molecule has 9 heteroatoms. The number of amides is 2. The van der Waals surface area contributed by atoms with Crippen LogP contribution in [-0.2, 0) is 4.79 Å². The van der Waals surface area contributed by atoms with E-state index < -0.39 is 18.0 Å². The minimum Gasteiger partial charge on any atom is -0.364 e. The first-order valence-corrected chi connectivity index (χ1v) is 4.32. The molecular weight excluding hydrogens is 235 g/mol. The van der Waals surface area contributed by atoms with Gasteiger partial charge in [-0.05, 0) is 0 Å². The van der Waals surface area contributed by atoms with Gasteiger partial charge < -0.3 is 5.73 Å². The first kappa shape index (κ1) is 11.4. The summed E-state index contributed by atoms with van der Waals surface area (Å²) in [5.41, 5.74) is 4.62. The molecule has 0 aromatic carbocycles. The lowest BCUT2D eigenvalue weighted by atomic mass is 10.5. The van der Waals surface area contributed by atoms with Crippen molar-refractivity contribution in [2.24, 2.45) is 5.73 Å². The Bertz CT molecular complexity index is 401. The van der Waals surface area contributed by atoms with Crippen molar-refractivity contribution < 1.29 is 22.8 Å². The lowest BCUT2D eigenvalue weighted by Gasteiger charge is -2.03. The van der Waals surface area contributed by atoms with Crippen LogP contribution in [-0.4, -0.2) is 23.0 Å². The molecule has 0 aliphatic carbocycles. The lowest BCUT2D eigenvalue weighted by Crippen LogP contribution is -2.29. The highest BCUT2D eigenvalue weighted by Gasteiger charge is 2.39. The molecule has 0 spiro atoms. The number of anilines is 1. The van der Waals surface area contributed by atoms with Gasteiger partial charge >= 0.3 is 12.1 Å². The molecule has 1 rings (SSSR count). The highest BCUT2D eigenvalue weighted by atomic mass is 32.1. The monoisotopic (exact) mass is 239 g/mol. The third kappa shape index (κ3) is 2.91. The fourth-order valence-electron chi connectivity index (χ4n) is 0.612. The number of carbonyl (C=O) groups excluding carboxylic acids is 2. The van der Waals surface area contributed by atoms with Gasteiger partial charge in [0.25, 0.3) is 5.91 Å². The molecule has 0 radical (unpaired) electrons. The Morgan fingerprint density at radius 1 is 1.47 bits per heavy atom. The molecular formula is C6H4F3N3O2S. The van der Waals surface area contributed by atoms with E-state index in [0.29, 0.717) is 11.3 Å². The van der Waals surface area contributed by atoms with E-state index in [2.05, 4.69) is 4.98 Å². The third-order valence-corrected chi connectivity index (χ3v) is 1.99. The van der Waals surface area contributed by atoms with Crippen LogP contribution in [0.3, 0.4) is 0 Å². The van der Waals surface area contributed by atoms with Crippen LogP contribution in [0, 0.1) is 0 Å². The van der Waals surface area contributed by atoms with Crippen LogP contribution in [0.15, 0.2) is 5.38 Å². The molecule has 5 nitrogen and oxygen atoms in total. The minimum atomic E-state index is -4.99. The molecule has 0 atom stereocenters. The zero-order valence-electron chi connectivity index (χ0n) is 6.96. The molecule has 0 saturated carbocycles. The average molecular weight is 239 g/mol. The van der Waals surface area contributed by atoms with Crippen LogP contribution in [0.5, 0.6) is 0 Å². The van der Waals surface area contributed by atoms with E-state index in [1.54, 1.807) is 0 Å². The molecule has 0 unspecified atom stereocenters. The first-order valence-electron chi connectivity index (χ1n) is 3.44. The van der Waals surface area contributed by atoms with Crippen molar-refractivity contribution in [1.29, 1.82) is 0 Å². The Balaban J connectivity index is 2.74.